The minimum atomic E-state index is -4.55. The third-order valence-corrected chi connectivity index (χ3v) is 7.18. The van der Waals surface area contributed by atoms with Gasteiger partial charge in [0, 0.05) is 42.1 Å². The number of piperidine rings is 1. The topological polar surface area (TPSA) is 76.6 Å². The SMILES string of the molecule is C=CC(=O)N1C2CCC1CC(Oc1cc3c(Nc4ccc(C(F)(F)F)c(Cl)c4)ncnc3cc1OC)C2. The lowest BCUT2D eigenvalue weighted by Gasteiger charge is -2.38. The number of hydrogen-bond donors (Lipinski definition) is 1. The van der Waals surface area contributed by atoms with E-state index in [1.54, 1.807) is 12.1 Å². The van der Waals surface area contributed by atoms with Crippen molar-refractivity contribution in [1.82, 2.24) is 14.9 Å². The number of nitrogens with one attached hydrogen (secondary N) is 1. The quantitative estimate of drug-likeness (QED) is 0.384. The van der Waals surface area contributed by atoms with E-state index < -0.39 is 16.8 Å². The molecular weight excluding hydrogens is 509 g/mol. The van der Waals surface area contributed by atoms with Gasteiger partial charge in [-0.15, -0.1) is 0 Å². The van der Waals surface area contributed by atoms with E-state index in [1.165, 1.54) is 31.6 Å². The largest absolute Gasteiger partial charge is 0.493 e. The van der Waals surface area contributed by atoms with Crippen LogP contribution in [0, 0.1) is 0 Å². The minimum Gasteiger partial charge on any atom is -0.493 e. The number of anilines is 2. The van der Waals surface area contributed by atoms with Crippen LogP contribution in [0.2, 0.25) is 5.02 Å². The van der Waals surface area contributed by atoms with Crippen LogP contribution in [-0.4, -0.2) is 46.1 Å². The summed E-state index contributed by atoms with van der Waals surface area (Å²) in [6.45, 7) is 3.61. The van der Waals surface area contributed by atoms with Gasteiger partial charge in [-0.1, -0.05) is 18.2 Å². The number of benzene rings is 2. The highest BCUT2D eigenvalue weighted by Gasteiger charge is 2.43. The Morgan fingerprint density at radius 1 is 1.16 bits per heavy atom. The average Bonchev–Trinajstić information content (AvgIpc) is 3.13. The van der Waals surface area contributed by atoms with Gasteiger partial charge >= 0.3 is 6.18 Å². The van der Waals surface area contributed by atoms with E-state index in [9.17, 15) is 18.0 Å². The fourth-order valence-electron chi connectivity index (χ4n) is 5.24. The van der Waals surface area contributed by atoms with Crippen LogP contribution in [-0.2, 0) is 11.0 Å². The number of rotatable bonds is 6. The maximum absolute atomic E-state index is 13.1. The molecule has 0 radical (unpaired) electrons. The van der Waals surface area contributed by atoms with Crippen LogP contribution < -0.4 is 14.8 Å². The molecule has 2 saturated heterocycles. The van der Waals surface area contributed by atoms with Gasteiger partial charge in [-0.3, -0.25) is 4.79 Å². The van der Waals surface area contributed by atoms with Gasteiger partial charge in [0.05, 0.1) is 23.2 Å². The number of fused-ring (bicyclic) bond motifs is 3. The summed E-state index contributed by atoms with van der Waals surface area (Å²) in [5.74, 6) is 1.31. The normalized spacial score (nSPS) is 21.1. The molecule has 2 fully saturated rings. The Labute approximate surface area is 216 Å². The Morgan fingerprint density at radius 3 is 2.51 bits per heavy atom. The zero-order chi connectivity index (χ0) is 26.3. The highest BCUT2D eigenvalue weighted by molar-refractivity contribution is 6.31. The van der Waals surface area contributed by atoms with Crippen molar-refractivity contribution in [2.75, 3.05) is 12.4 Å². The van der Waals surface area contributed by atoms with Crippen LogP contribution in [0.4, 0.5) is 24.7 Å². The molecule has 11 heteroatoms. The molecule has 0 spiro atoms. The minimum absolute atomic E-state index is 0.0505. The summed E-state index contributed by atoms with van der Waals surface area (Å²) in [5, 5.41) is 3.21. The maximum atomic E-state index is 13.1. The van der Waals surface area contributed by atoms with Crippen LogP contribution in [0.25, 0.3) is 10.9 Å². The van der Waals surface area contributed by atoms with Crippen molar-refractivity contribution >= 4 is 39.9 Å². The molecule has 194 valence electrons. The number of halogens is 4. The van der Waals surface area contributed by atoms with Gasteiger partial charge in [-0.05, 0) is 43.2 Å². The van der Waals surface area contributed by atoms with E-state index in [2.05, 4.69) is 21.9 Å². The smallest absolute Gasteiger partial charge is 0.417 e. The first-order chi connectivity index (χ1) is 17.7. The van der Waals surface area contributed by atoms with Gasteiger partial charge in [0.1, 0.15) is 18.2 Å². The van der Waals surface area contributed by atoms with Gasteiger partial charge < -0.3 is 19.7 Å². The number of aromatic nitrogens is 2. The monoisotopic (exact) mass is 532 g/mol. The Kier molecular flexibility index (Phi) is 6.61. The maximum Gasteiger partial charge on any atom is 0.417 e. The molecule has 3 heterocycles. The number of methoxy groups -OCH3 is 1. The first kappa shape index (κ1) is 25.1. The molecule has 2 unspecified atom stereocenters. The molecule has 0 saturated carbocycles. The highest BCUT2D eigenvalue weighted by atomic mass is 35.5. The Morgan fingerprint density at radius 2 is 1.89 bits per heavy atom. The number of hydrogen-bond acceptors (Lipinski definition) is 6. The van der Waals surface area contributed by atoms with Crippen molar-refractivity contribution in [3.63, 3.8) is 0 Å². The molecule has 1 N–H and O–H groups in total. The van der Waals surface area contributed by atoms with E-state index >= 15 is 0 Å². The van der Waals surface area contributed by atoms with Crippen molar-refractivity contribution in [3.8, 4) is 11.5 Å². The van der Waals surface area contributed by atoms with E-state index in [1.807, 2.05) is 4.90 Å². The Balaban J connectivity index is 1.42. The summed E-state index contributed by atoms with van der Waals surface area (Å²) in [5.41, 5.74) is -0.0132. The number of nitrogens with zero attached hydrogens (tertiary/aromatic N) is 3. The lowest BCUT2D eigenvalue weighted by Crippen LogP contribution is -2.48. The molecule has 2 bridgehead atoms. The van der Waals surface area contributed by atoms with Crippen molar-refractivity contribution < 1.29 is 27.4 Å². The lowest BCUT2D eigenvalue weighted by molar-refractivity contribution is -0.137. The van der Waals surface area contributed by atoms with Crippen LogP contribution in [0.15, 0.2) is 49.3 Å². The summed E-state index contributed by atoms with van der Waals surface area (Å²) < 4.78 is 51.2. The highest BCUT2D eigenvalue weighted by Crippen LogP contribution is 2.41. The van der Waals surface area contributed by atoms with Crippen molar-refractivity contribution in [1.29, 1.82) is 0 Å². The van der Waals surface area contributed by atoms with Crippen molar-refractivity contribution in [2.45, 2.75) is 50.0 Å². The molecular formula is C26H24ClF3N4O3. The third-order valence-electron chi connectivity index (χ3n) is 6.87. The number of alkyl halides is 3. The molecule has 2 aliphatic heterocycles. The predicted molar refractivity (Wildman–Crippen MR) is 133 cm³/mol. The van der Waals surface area contributed by atoms with Crippen molar-refractivity contribution in [2.24, 2.45) is 0 Å². The molecule has 3 aromatic rings. The predicted octanol–water partition coefficient (Wildman–Crippen LogP) is 6.14. The van der Waals surface area contributed by atoms with E-state index in [0.29, 0.717) is 46.7 Å². The van der Waals surface area contributed by atoms with E-state index in [0.717, 1.165) is 18.9 Å². The molecule has 0 aliphatic carbocycles. The zero-order valence-corrected chi connectivity index (χ0v) is 20.6. The number of amides is 1. The molecule has 1 amide bonds. The molecule has 7 nitrogen and oxygen atoms in total. The average molecular weight is 533 g/mol. The summed E-state index contributed by atoms with van der Waals surface area (Å²) in [4.78, 5) is 22.8. The fraction of sp³-hybridized carbons (Fsp3) is 0.346. The second-order valence-corrected chi connectivity index (χ2v) is 9.51. The van der Waals surface area contributed by atoms with Crippen molar-refractivity contribution in [3.05, 3.63) is 59.9 Å². The van der Waals surface area contributed by atoms with Gasteiger partial charge in [0.15, 0.2) is 11.5 Å². The summed E-state index contributed by atoms with van der Waals surface area (Å²) >= 11 is 5.88. The lowest BCUT2D eigenvalue weighted by atomic mass is 9.99. The van der Waals surface area contributed by atoms with Gasteiger partial charge in [0.2, 0.25) is 5.91 Å². The van der Waals surface area contributed by atoms with Crippen LogP contribution in [0.5, 0.6) is 11.5 Å². The fourth-order valence-corrected chi connectivity index (χ4v) is 5.53. The number of ether oxygens (including phenoxy) is 2. The summed E-state index contributed by atoms with van der Waals surface area (Å²) in [6.07, 6.45) is 1.28. The van der Waals surface area contributed by atoms with Crippen LogP contribution in [0.1, 0.15) is 31.2 Å². The van der Waals surface area contributed by atoms with Gasteiger partial charge in [-0.25, -0.2) is 9.97 Å². The van der Waals surface area contributed by atoms with Crippen LogP contribution >= 0.6 is 11.6 Å². The Hall–Kier alpha value is -3.53. The van der Waals surface area contributed by atoms with Gasteiger partial charge in [-0.2, -0.15) is 13.2 Å². The Bertz CT molecular complexity index is 1350. The standard InChI is InChI=1S/C26H24ClF3N4O3/c1-3-24(35)34-15-5-6-16(34)10-17(9-15)37-23-11-18-21(12-22(23)36-2)31-13-32-25(18)33-14-4-7-19(20(27)8-14)26(28,29)30/h3-4,7-8,11-13,15-17H,1,5-6,9-10H2,2H3,(H,31,32,33). The summed E-state index contributed by atoms with van der Waals surface area (Å²) in [6, 6.07) is 7.10. The second kappa shape index (κ2) is 9.74. The number of carbonyl (C=O) groups is 1. The van der Waals surface area contributed by atoms with E-state index in [4.69, 9.17) is 21.1 Å². The van der Waals surface area contributed by atoms with E-state index in [-0.39, 0.29) is 24.1 Å². The second-order valence-electron chi connectivity index (χ2n) is 9.11. The molecule has 2 atom stereocenters. The number of carbonyl (C=O) groups excluding carboxylic acids is 1. The van der Waals surface area contributed by atoms with Crippen LogP contribution in [0.3, 0.4) is 0 Å². The third kappa shape index (κ3) is 4.90. The zero-order valence-electron chi connectivity index (χ0n) is 19.9. The summed E-state index contributed by atoms with van der Waals surface area (Å²) in [7, 11) is 1.54. The first-order valence-electron chi connectivity index (χ1n) is 11.8. The molecule has 37 heavy (non-hydrogen) atoms. The molecule has 5 rings (SSSR count). The molecule has 2 aliphatic rings. The van der Waals surface area contributed by atoms with Gasteiger partial charge in [0.25, 0.3) is 0 Å². The molecule has 1 aromatic heterocycles. The first-order valence-corrected chi connectivity index (χ1v) is 12.1. The molecule has 2 aromatic carbocycles.